The van der Waals surface area contributed by atoms with Gasteiger partial charge in [0.2, 0.25) is 0 Å². The molecule has 1 aromatic rings. The predicted molar refractivity (Wildman–Crippen MR) is 53.6 cm³/mol. The molecule has 0 aromatic carbocycles. The topological polar surface area (TPSA) is 45.1 Å². The zero-order chi connectivity index (χ0) is 9.73. The number of hydrogen-bond donors (Lipinski definition) is 2. The molecule has 3 nitrogen and oxygen atoms in total. The smallest absolute Gasteiger partial charge is 0.0453 e. The van der Waals surface area contributed by atoms with Crippen LogP contribution in [0, 0.1) is 0 Å². The van der Waals surface area contributed by atoms with E-state index in [0.29, 0.717) is 0 Å². The van der Waals surface area contributed by atoms with Gasteiger partial charge >= 0.3 is 0 Å². The van der Waals surface area contributed by atoms with E-state index in [2.05, 4.69) is 24.1 Å². The second-order valence-electron chi connectivity index (χ2n) is 3.72. The largest absolute Gasteiger partial charge is 0.396 e. The molecule has 1 heterocycles. The molecule has 0 aliphatic heterocycles. The van der Waals surface area contributed by atoms with Gasteiger partial charge in [0.1, 0.15) is 0 Å². The Morgan fingerprint density at radius 2 is 2.00 bits per heavy atom. The van der Waals surface area contributed by atoms with Crippen molar-refractivity contribution < 1.29 is 5.11 Å². The van der Waals surface area contributed by atoms with Crippen molar-refractivity contribution in [3.05, 3.63) is 24.5 Å². The number of aliphatic hydroxyl groups excluding tert-OH is 1. The van der Waals surface area contributed by atoms with Crippen molar-refractivity contribution in [1.82, 2.24) is 4.98 Å². The Morgan fingerprint density at radius 3 is 2.54 bits per heavy atom. The molecule has 0 radical (unpaired) electrons. The summed E-state index contributed by atoms with van der Waals surface area (Å²) >= 11 is 0. The van der Waals surface area contributed by atoms with Gasteiger partial charge < -0.3 is 10.4 Å². The lowest BCUT2D eigenvalue weighted by molar-refractivity contribution is 0.261. The van der Waals surface area contributed by atoms with Crippen LogP contribution in [0.3, 0.4) is 0 Å². The summed E-state index contributed by atoms with van der Waals surface area (Å²) in [6.07, 6.45) is 4.23. The van der Waals surface area contributed by atoms with E-state index in [1.165, 1.54) is 0 Å². The molecule has 0 aliphatic carbocycles. The Balaban J connectivity index is 2.58. The van der Waals surface area contributed by atoms with Crippen molar-refractivity contribution in [2.75, 3.05) is 11.9 Å². The Labute approximate surface area is 78.8 Å². The number of nitrogens with zero attached hydrogens (tertiary/aromatic N) is 1. The van der Waals surface area contributed by atoms with E-state index in [1.807, 2.05) is 12.1 Å². The monoisotopic (exact) mass is 180 g/mol. The van der Waals surface area contributed by atoms with E-state index < -0.39 is 0 Å². The molecule has 0 amide bonds. The number of hydrogen-bond acceptors (Lipinski definition) is 3. The maximum absolute atomic E-state index is 8.83. The molecule has 0 bridgehead atoms. The van der Waals surface area contributed by atoms with Crippen molar-refractivity contribution in [3.8, 4) is 0 Å². The van der Waals surface area contributed by atoms with E-state index in [1.54, 1.807) is 12.4 Å². The first-order valence-electron chi connectivity index (χ1n) is 4.43. The second-order valence-corrected chi connectivity index (χ2v) is 3.72. The minimum Gasteiger partial charge on any atom is -0.396 e. The highest BCUT2D eigenvalue weighted by Gasteiger charge is 2.15. The zero-order valence-electron chi connectivity index (χ0n) is 8.12. The minimum atomic E-state index is -0.0733. The average molecular weight is 180 g/mol. The number of rotatable bonds is 4. The lowest BCUT2D eigenvalue weighted by Gasteiger charge is -2.26. The van der Waals surface area contributed by atoms with Gasteiger partial charge in [-0.05, 0) is 32.4 Å². The molecule has 2 N–H and O–H groups in total. The van der Waals surface area contributed by atoms with Crippen LogP contribution in [-0.2, 0) is 0 Å². The number of anilines is 1. The molecular formula is C10H16N2O. The number of aromatic nitrogens is 1. The van der Waals surface area contributed by atoms with Crippen LogP contribution in [0.5, 0.6) is 0 Å². The highest BCUT2D eigenvalue weighted by atomic mass is 16.3. The van der Waals surface area contributed by atoms with Crippen molar-refractivity contribution in [3.63, 3.8) is 0 Å². The summed E-state index contributed by atoms with van der Waals surface area (Å²) in [5.41, 5.74) is 0.962. The van der Waals surface area contributed by atoms with Crippen LogP contribution in [0.1, 0.15) is 20.3 Å². The molecule has 0 saturated carbocycles. The normalized spacial score (nSPS) is 11.3. The Hall–Kier alpha value is -1.09. The van der Waals surface area contributed by atoms with Crippen molar-refractivity contribution in [2.45, 2.75) is 25.8 Å². The molecule has 1 rings (SSSR count). The fourth-order valence-corrected chi connectivity index (χ4v) is 1.17. The first-order valence-corrected chi connectivity index (χ1v) is 4.43. The van der Waals surface area contributed by atoms with Crippen LogP contribution in [-0.4, -0.2) is 22.2 Å². The molecule has 3 heteroatoms. The fourth-order valence-electron chi connectivity index (χ4n) is 1.17. The van der Waals surface area contributed by atoms with Crippen molar-refractivity contribution in [1.29, 1.82) is 0 Å². The van der Waals surface area contributed by atoms with Gasteiger partial charge in [-0.15, -0.1) is 0 Å². The van der Waals surface area contributed by atoms with Crippen LogP contribution in [0.25, 0.3) is 0 Å². The highest BCUT2D eigenvalue weighted by molar-refractivity contribution is 5.43. The summed E-state index contributed by atoms with van der Waals surface area (Å²) in [7, 11) is 0. The molecule has 13 heavy (non-hydrogen) atoms. The molecule has 1 aromatic heterocycles. The summed E-state index contributed by atoms with van der Waals surface area (Å²) in [6.45, 7) is 4.32. The third kappa shape index (κ3) is 3.42. The van der Waals surface area contributed by atoms with Gasteiger partial charge in [-0.3, -0.25) is 4.98 Å². The first-order chi connectivity index (χ1) is 6.14. The predicted octanol–water partition coefficient (Wildman–Crippen LogP) is 1.65. The summed E-state index contributed by atoms with van der Waals surface area (Å²) < 4.78 is 0. The van der Waals surface area contributed by atoms with Gasteiger partial charge in [0.15, 0.2) is 0 Å². The van der Waals surface area contributed by atoms with E-state index >= 15 is 0 Å². The van der Waals surface area contributed by atoms with Crippen molar-refractivity contribution >= 4 is 5.69 Å². The van der Waals surface area contributed by atoms with Crippen LogP contribution in [0.2, 0.25) is 0 Å². The lowest BCUT2D eigenvalue weighted by Crippen LogP contribution is -2.31. The molecule has 0 saturated heterocycles. The molecule has 0 unspecified atom stereocenters. The third-order valence-corrected chi connectivity index (χ3v) is 1.90. The number of pyridine rings is 1. The third-order valence-electron chi connectivity index (χ3n) is 1.90. The maximum atomic E-state index is 8.83. The molecule has 0 atom stereocenters. The van der Waals surface area contributed by atoms with Gasteiger partial charge in [-0.1, -0.05) is 0 Å². The van der Waals surface area contributed by atoms with Gasteiger partial charge in [0.05, 0.1) is 0 Å². The Kier molecular flexibility index (Phi) is 3.25. The van der Waals surface area contributed by atoms with Crippen molar-refractivity contribution in [2.24, 2.45) is 0 Å². The SMILES string of the molecule is CC(C)(CCO)Nc1ccncc1. The molecular weight excluding hydrogens is 164 g/mol. The summed E-state index contributed by atoms with van der Waals surface area (Å²) in [5, 5.41) is 12.1. The van der Waals surface area contributed by atoms with Gasteiger partial charge in [-0.25, -0.2) is 0 Å². The summed E-state index contributed by atoms with van der Waals surface area (Å²) in [5.74, 6) is 0. The van der Waals surface area contributed by atoms with Gasteiger partial charge in [-0.2, -0.15) is 0 Å². The van der Waals surface area contributed by atoms with E-state index in [4.69, 9.17) is 5.11 Å². The van der Waals surface area contributed by atoms with Crippen LogP contribution < -0.4 is 5.32 Å². The second kappa shape index (κ2) is 4.23. The van der Waals surface area contributed by atoms with E-state index in [0.717, 1.165) is 12.1 Å². The Morgan fingerprint density at radius 1 is 1.38 bits per heavy atom. The van der Waals surface area contributed by atoms with Gasteiger partial charge in [0.25, 0.3) is 0 Å². The van der Waals surface area contributed by atoms with Crippen LogP contribution in [0.15, 0.2) is 24.5 Å². The van der Waals surface area contributed by atoms with Crippen LogP contribution >= 0.6 is 0 Å². The highest BCUT2D eigenvalue weighted by Crippen LogP contribution is 2.16. The molecule has 0 fully saturated rings. The average Bonchev–Trinajstić information content (AvgIpc) is 2.04. The summed E-state index contributed by atoms with van der Waals surface area (Å²) in [6, 6.07) is 3.83. The molecule has 0 spiro atoms. The number of aliphatic hydroxyl groups is 1. The fraction of sp³-hybridized carbons (Fsp3) is 0.500. The number of nitrogens with one attached hydrogen (secondary N) is 1. The molecule has 72 valence electrons. The van der Waals surface area contributed by atoms with Gasteiger partial charge in [0, 0.05) is 30.2 Å². The minimum absolute atomic E-state index is 0.0733. The zero-order valence-corrected chi connectivity index (χ0v) is 8.12. The van der Waals surface area contributed by atoms with E-state index in [9.17, 15) is 0 Å². The first kappa shape index (κ1) is 9.99. The molecule has 0 aliphatic rings. The lowest BCUT2D eigenvalue weighted by atomic mass is 10.0. The Bertz CT molecular complexity index is 246. The summed E-state index contributed by atoms with van der Waals surface area (Å²) in [4.78, 5) is 3.93. The quantitative estimate of drug-likeness (QED) is 0.740. The van der Waals surface area contributed by atoms with E-state index in [-0.39, 0.29) is 12.1 Å². The van der Waals surface area contributed by atoms with Crippen LogP contribution in [0.4, 0.5) is 5.69 Å². The maximum Gasteiger partial charge on any atom is 0.0453 e. The standard InChI is InChI=1S/C10H16N2O/c1-10(2,5-8-13)12-9-3-6-11-7-4-9/h3-4,6-7,13H,5,8H2,1-2H3,(H,11,12).